The van der Waals surface area contributed by atoms with E-state index in [-0.39, 0.29) is 0 Å². The zero-order valence-electron chi connectivity index (χ0n) is 41.1. The van der Waals surface area contributed by atoms with Gasteiger partial charge in [-0.2, -0.15) is 0 Å². The van der Waals surface area contributed by atoms with Crippen LogP contribution >= 0.6 is 22.7 Å². The highest BCUT2D eigenvalue weighted by Crippen LogP contribution is 2.45. The minimum absolute atomic E-state index is 1.02. The molecule has 2 aromatic heterocycles. The topological polar surface area (TPSA) is 19.4 Å². The second-order valence-corrected chi connectivity index (χ2v) is 21.6. The molecule has 13 aromatic carbocycles. The highest BCUT2D eigenvalue weighted by Gasteiger charge is 2.19. The maximum absolute atomic E-state index is 4.98. The SMILES string of the molecule is c1ccc2c(-c3ccc(N(c4ccc(-c5nc6ccccc6s5)cc4)c4ccc5c(ccc6cc(N(c7ccc(-c8cccc9ccccc89)cc7)c7ccc8sc9ccccc9c8c7)ccc65)c4)cc3)cccc2c1. The number of aromatic nitrogens is 1. The van der Waals surface area contributed by atoms with E-state index in [0.717, 1.165) is 50.2 Å². The van der Waals surface area contributed by atoms with E-state index in [0.29, 0.717) is 0 Å². The molecule has 0 fully saturated rings. The Hall–Kier alpha value is -9.39. The molecule has 356 valence electrons. The summed E-state index contributed by atoms with van der Waals surface area (Å²) in [5, 5.41) is 13.4. The fourth-order valence-electron chi connectivity index (χ4n) is 11.4. The first-order chi connectivity index (χ1) is 37.6. The number of para-hydroxylation sites is 1. The summed E-state index contributed by atoms with van der Waals surface area (Å²) >= 11 is 3.59. The fourth-order valence-corrected chi connectivity index (χ4v) is 13.4. The minimum atomic E-state index is 1.02. The summed E-state index contributed by atoms with van der Waals surface area (Å²) in [4.78, 5) is 9.77. The van der Waals surface area contributed by atoms with E-state index >= 15 is 0 Å². The second-order valence-electron chi connectivity index (χ2n) is 19.5. The molecule has 76 heavy (non-hydrogen) atoms. The molecule has 0 aliphatic rings. The Balaban J connectivity index is 0.822. The number of hydrogen-bond acceptors (Lipinski definition) is 5. The third-order valence-electron chi connectivity index (χ3n) is 15.1. The van der Waals surface area contributed by atoms with Crippen molar-refractivity contribution < 1.29 is 0 Å². The van der Waals surface area contributed by atoms with E-state index in [4.69, 9.17) is 4.98 Å². The Bertz CT molecular complexity index is 4660. The van der Waals surface area contributed by atoms with Gasteiger partial charge in [0.1, 0.15) is 5.01 Å². The third-order valence-corrected chi connectivity index (χ3v) is 17.3. The van der Waals surface area contributed by atoms with E-state index < -0.39 is 0 Å². The first kappa shape index (κ1) is 44.1. The predicted molar refractivity (Wildman–Crippen MR) is 328 cm³/mol. The molecule has 3 nitrogen and oxygen atoms in total. The smallest absolute Gasteiger partial charge is 0.124 e. The van der Waals surface area contributed by atoms with Crippen LogP contribution in [0.25, 0.3) is 106 Å². The number of benzene rings is 13. The third kappa shape index (κ3) is 7.67. The lowest BCUT2D eigenvalue weighted by Gasteiger charge is -2.27. The largest absolute Gasteiger partial charge is 0.310 e. The molecule has 0 saturated carbocycles. The average Bonchev–Trinajstić information content (AvgIpc) is 4.11. The van der Waals surface area contributed by atoms with Gasteiger partial charge in [0.25, 0.3) is 0 Å². The summed E-state index contributed by atoms with van der Waals surface area (Å²) in [5.74, 6) is 0. The molecule has 15 rings (SSSR count). The van der Waals surface area contributed by atoms with E-state index in [9.17, 15) is 0 Å². The highest BCUT2D eigenvalue weighted by molar-refractivity contribution is 7.25. The molecule has 0 bridgehead atoms. The van der Waals surface area contributed by atoms with Crippen LogP contribution in [0, 0.1) is 0 Å². The standard InChI is InChI=1S/C71H45N3S2/c1-3-15-59-46(11-1)13-9-18-61(59)48-25-31-53(32-26-48)73(54-35-29-50(30-36-54)71-72-67-20-6-8-22-70(67)76-71)56-37-40-63-51(43-56)23-24-52-44-57(38-41-64(52)63)74(58-39-42-69-66(45-58)65-17-5-7-21-68(65)75-69)55-33-27-49(28-34-55)62-19-10-14-47-12-2-4-16-60(47)62/h1-45H. The molecule has 0 unspecified atom stereocenters. The van der Waals surface area contributed by atoms with Gasteiger partial charge in [-0.05, 0) is 175 Å². The number of rotatable bonds is 9. The van der Waals surface area contributed by atoms with Gasteiger partial charge in [0.15, 0.2) is 0 Å². The molecule has 0 spiro atoms. The number of thiazole rings is 1. The van der Waals surface area contributed by atoms with Gasteiger partial charge >= 0.3 is 0 Å². The minimum Gasteiger partial charge on any atom is -0.310 e. The Labute approximate surface area is 448 Å². The van der Waals surface area contributed by atoms with Crippen LogP contribution in [0.2, 0.25) is 0 Å². The first-order valence-corrected chi connectivity index (χ1v) is 27.4. The average molecular weight is 1000 g/mol. The Kier molecular flexibility index (Phi) is 10.6. The molecule has 15 aromatic rings. The number of thiophene rings is 1. The van der Waals surface area contributed by atoms with Gasteiger partial charge in [-0.25, -0.2) is 4.98 Å². The first-order valence-electron chi connectivity index (χ1n) is 25.7. The number of fused-ring (bicyclic) bond motifs is 9. The maximum Gasteiger partial charge on any atom is 0.124 e. The Morgan fingerprint density at radius 2 is 0.684 bits per heavy atom. The van der Waals surface area contributed by atoms with Gasteiger partial charge in [-0.3, -0.25) is 0 Å². The highest BCUT2D eigenvalue weighted by atomic mass is 32.1. The van der Waals surface area contributed by atoms with Crippen molar-refractivity contribution in [2.24, 2.45) is 0 Å². The van der Waals surface area contributed by atoms with Crippen molar-refractivity contribution in [3.05, 3.63) is 273 Å². The van der Waals surface area contributed by atoms with Crippen molar-refractivity contribution in [1.29, 1.82) is 0 Å². The summed E-state index contributed by atoms with van der Waals surface area (Å²) in [7, 11) is 0. The van der Waals surface area contributed by atoms with Gasteiger partial charge in [0, 0.05) is 59.9 Å². The molecule has 0 radical (unpaired) electrons. The van der Waals surface area contributed by atoms with Crippen LogP contribution in [0.1, 0.15) is 0 Å². The van der Waals surface area contributed by atoms with Crippen LogP contribution < -0.4 is 9.80 Å². The number of anilines is 6. The molecule has 0 aliphatic carbocycles. The zero-order chi connectivity index (χ0) is 50.1. The Morgan fingerprint density at radius 1 is 0.250 bits per heavy atom. The molecule has 2 heterocycles. The quantitative estimate of drug-likeness (QED) is 0.134. The summed E-state index contributed by atoms with van der Waals surface area (Å²) in [6.07, 6.45) is 0. The summed E-state index contributed by atoms with van der Waals surface area (Å²) in [6, 6.07) is 99.9. The van der Waals surface area contributed by atoms with Gasteiger partial charge < -0.3 is 9.80 Å². The molecule has 5 heteroatoms. The zero-order valence-corrected chi connectivity index (χ0v) is 42.8. The normalized spacial score (nSPS) is 11.7. The Morgan fingerprint density at radius 3 is 1.26 bits per heavy atom. The van der Waals surface area contributed by atoms with E-state index in [2.05, 4.69) is 283 Å². The lowest BCUT2D eigenvalue weighted by Crippen LogP contribution is -2.10. The number of hydrogen-bond donors (Lipinski definition) is 0. The van der Waals surface area contributed by atoms with E-state index in [1.54, 1.807) is 11.3 Å². The summed E-state index contributed by atoms with van der Waals surface area (Å²) in [5.41, 5.74) is 13.6. The number of nitrogens with zero attached hydrogens (tertiary/aromatic N) is 3. The monoisotopic (exact) mass is 1000 g/mol. The summed E-state index contributed by atoms with van der Waals surface area (Å²) in [6.45, 7) is 0. The van der Waals surface area contributed by atoms with Gasteiger partial charge in [-0.1, -0.05) is 164 Å². The van der Waals surface area contributed by atoms with Crippen LogP contribution in [-0.4, -0.2) is 4.98 Å². The van der Waals surface area contributed by atoms with Gasteiger partial charge in [0.05, 0.1) is 10.2 Å². The molecule has 0 amide bonds. The molecule has 0 atom stereocenters. The van der Waals surface area contributed by atoms with Crippen molar-refractivity contribution in [2.75, 3.05) is 9.80 Å². The molecule has 0 aliphatic heterocycles. The van der Waals surface area contributed by atoms with Crippen LogP contribution in [0.15, 0.2) is 273 Å². The summed E-state index contributed by atoms with van der Waals surface area (Å²) < 4.78 is 3.79. The van der Waals surface area contributed by atoms with Crippen LogP contribution in [0.5, 0.6) is 0 Å². The van der Waals surface area contributed by atoms with Crippen LogP contribution in [0.3, 0.4) is 0 Å². The van der Waals surface area contributed by atoms with E-state index in [1.165, 1.54) is 90.2 Å². The van der Waals surface area contributed by atoms with Gasteiger partial charge in [-0.15, -0.1) is 22.7 Å². The maximum atomic E-state index is 4.98. The van der Waals surface area contributed by atoms with Crippen LogP contribution in [0.4, 0.5) is 34.1 Å². The van der Waals surface area contributed by atoms with Crippen molar-refractivity contribution in [3.63, 3.8) is 0 Å². The molecule has 0 N–H and O–H groups in total. The predicted octanol–water partition coefficient (Wildman–Crippen LogP) is 21.2. The van der Waals surface area contributed by atoms with Crippen molar-refractivity contribution in [3.8, 4) is 32.8 Å². The molecule has 0 saturated heterocycles. The van der Waals surface area contributed by atoms with E-state index in [1.807, 2.05) is 11.3 Å². The van der Waals surface area contributed by atoms with Crippen molar-refractivity contribution in [2.45, 2.75) is 0 Å². The lowest BCUT2D eigenvalue weighted by atomic mass is 9.97. The molecular weight excluding hydrogens is 959 g/mol. The molecular formula is C71H45N3S2. The lowest BCUT2D eigenvalue weighted by molar-refractivity contribution is 1.29. The van der Waals surface area contributed by atoms with Gasteiger partial charge in [0.2, 0.25) is 0 Å². The van der Waals surface area contributed by atoms with Crippen molar-refractivity contribution in [1.82, 2.24) is 4.98 Å². The second kappa shape index (κ2) is 18.2. The fraction of sp³-hybridized carbons (Fsp3) is 0. The van der Waals surface area contributed by atoms with Crippen molar-refractivity contribution >= 4 is 130 Å². The van der Waals surface area contributed by atoms with Crippen LogP contribution in [-0.2, 0) is 0 Å².